The Bertz CT molecular complexity index is 860. The van der Waals surface area contributed by atoms with E-state index >= 15 is 0 Å². The fourth-order valence-corrected chi connectivity index (χ4v) is 3.29. The average molecular weight is 388 g/mol. The largest absolute Gasteiger partial charge is 0.326 e. The minimum absolute atomic E-state index is 0.0646. The van der Waals surface area contributed by atoms with Crippen molar-refractivity contribution < 1.29 is 9.59 Å². The van der Waals surface area contributed by atoms with E-state index in [9.17, 15) is 14.4 Å². The first-order valence-corrected chi connectivity index (χ1v) is 9.90. The van der Waals surface area contributed by atoms with Crippen molar-refractivity contribution in [2.75, 3.05) is 5.32 Å². The molecule has 0 bridgehead atoms. The van der Waals surface area contributed by atoms with Gasteiger partial charge in [-0.15, -0.1) is 0 Å². The number of Topliss-reactive ketones (excluding diaryl/α,β-unsaturated/α-hetero) is 1. The van der Waals surface area contributed by atoms with Gasteiger partial charge in [0.25, 0.3) is 5.56 Å². The number of carbonyl (C=O) groups excluding carboxylic acids is 2. The molecule has 0 aliphatic carbocycles. The number of nitrogens with zero attached hydrogens (tertiary/aromatic N) is 1. The Balaban J connectivity index is 2.07. The van der Waals surface area contributed by atoms with Gasteiger partial charge in [0.2, 0.25) is 5.91 Å². The van der Waals surface area contributed by atoms with Crippen molar-refractivity contribution >= 4 is 29.1 Å². The lowest BCUT2D eigenvalue weighted by molar-refractivity contribution is -0.118. The topological polar surface area (TPSA) is 91.9 Å². The molecule has 27 heavy (non-hydrogen) atoms. The van der Waals surface area contributed by atoms with Crippen LogP contribution in [0.4, 0.5) is 5.69 Å². The Kier molecular flexibility index (Phi) is 7.36. The van der Waals surface area contributed by atoms with Gasteiger partial charge in [0.1, 0.15) is 0 Å². The number of anilines is 1. The summed E-state index contributed by atoms with van der Waals surface area (Å²) in [5.41, 5.74) is 1.72. The second-order valence-corrected chi connectivity index (χ2v) is 7.97. The van der Waals surface area contributed by atoms with E-state index in [1.807, 2.05) is 20.8 Å². The molecule has 1 aromatic heterocycles. The van der Waals surface area contributed by atoms with E-state index < -0.39 is 5.25 Å². The number of thioether (sulfide) groups is 1. The zero-order valence-electron chi connectivity index (χ0n) is 16.0. The zero-order valence-corrected chi connectivity index (χ0v) is 16.9. The highest BCUT2D eigenvalue weighted by molar-refractivity contribution is 8.00. The minimum atomic E-state index is -0.402. The van der Waals surface area contributed by atoms with Gasteiger partial charge in [0, 0.05) is 28.9 Å². The summed E-state index contributed by atoms with van der Waals surface area (Å²) in [6.07, 6.45) is 1.62. The minimum Gasteiger partial charge on any atom is -0.326 e. The van der Waals surface area contributed by atoms with E-state index in [0.29, 0.717) is 16.4 Å². The second-order valence-electron chi connectivity index (χ2n) is 6.64. The van der Waals surface area contributed by atoms with Gasteiger partial charge in [-0.2, -0.15) is 0 Å². The highest BCUT2D eigenvalue weighted by Gasteiger charge is 2.18. The summed E-state index contributed by atoms with van der Waals surface area (Å²) in [5, 5.41) is 2.85. The maximum atomic E-state index is 12.7. The fourth-order valence-electron chi connectivity index (χ4n) is 2.38. The van der Waals surface area contributed by atoms with Crippen LogP contribution in [0, 0.1) is 5.92 Å². The molecule has 0 spiro atoms. The van der Waals surface area contributed by atoms with E-state index in [4.69, 9.17) is 0 Å². The molecule has 0 saturated heterocycles. The number of hydrogen-bond donors (Lipinski definition) is 2. The van der Waals surface area contributed by atoms with Gasteiger partial charge in [-0.1, -0.05) is 39.0 Å². The van der Waals surface area contributed by atoms with E-state index in [1.54, 1.807) is 31.2 Å². The molecule has 1 atom stereocenters. The highest BCUT2D eigenvalue weighted by atomic mass is 32.2. The van der Waals surface area contributed by atoms with Crippen LogP contribution in [-0.2, 0) is 11.2 Å². The predicted octanol–water partition coefficient (Wildman–Crippen LogP) is 3.68. The third-order valence-corrected chi connectivity index (χ3v) is 4.88. The third-order valence-electron chi connectivity index (χ3n) is 3.90. The number of aromatic nitrogens is 2. The Labute approximate surface area is 163 Å². The van der Waals surface area contributed by atoms with Gasteiger partial charge in [-0.05, 0) is 37.6 Å². The SMILES string of the molecule is CCCc1cc(=O)[nH]c(SC(C)C(=O)c2ccc(NC(=O)C(C)C)cc2)n1. The number of aryl methyl sites for hydroxylation is 1. The number of ketones is 1. The van der Waals surface area contributed by atoms with E-state index in [-0.39, 0.29) is 23.2 Å². The van der Waals surface area contributed by atoms with Crippen LogP contribution in [0.5, 0.6) is 0 Å². The Morgan fingerprint density at radius 1 is 1.19 bits per heavy atom. The summed E-state index contributed by atoms with van der Waals surface area (Å²) in [7, 11) is 0. The van der Waals surface area contributed by atoms with Crippen LogP contribution in [0.1, 0.15) is 50.2 Å². The van der Waals surface area contributed by atoms with Gasteiger partial charge < -0.3 is 10.3 Å². The van der Waals surface area contributed by atoms with E-state index in [0.717, 1.165) is 18.5 Å². The molecule has 2 aromatic rings. The number of rotatable bonds is 8. The number of aromatic amines is 1. The maximum Gasteiger partial charge on any atom is 0.251 e. The molecule has 2 N–H and O–H groups in total. The molecule has 1 unspecified atom stereocenters. The molecule has 0 aliphatic heterocycles. The number of benzene rings is 1. The molecule has 1 amide bonds. The summed E-state index contributed by atoms with van der Waals surface area (Å²) in [4.78, 5) is 43.2. The quantitative estimate of drug-likeness (QED) is 0.409. The lowest BCUT2D eigenvalue weighted by atomic mass is 10.1. The smallest absolute Gasteiger partial charge is 0.251 e. The molecule has 1 aromatic carbocycles. The van der Waals surface area contributed by atoms with Gasteiger partial charge >= 0.3 is 0 Å². The molecule has 0 aliphatic rings. The summed E-state index contributed by atoms with van der Waals surface area (Å²) in [6.45, 7) is 7.45. The van der Waals surface area contributed by atoms with Crippen molar-refractivity contribution in [2.24, 2.45) is 5.92 Å². The highest BCUT2D eigenvalue weighted by Crippen LogP contribution is 2.23. The monoisotopic (exact) mass is 387 g/mol. The standard InChI is InChI=1S/C20H25N3O3S/c1-5-6-16-11-17(24)23-20(22-16)27-13(4)18(25)14-7-9-15(10-8-14)21-19(26)12(2)3/h7-13H,5-6H2,1-4H3,(H,21,26)(H,22,23,24). The molecule has 0 radical (unpaired) electrons. The van der Waals surface area contributed by atoms with Crippen LogP contribution >= 0.6 is 11.8 Å². The molecular formula is C20H25N3O3S. The van der Waals surface area contributed by atoms with E-state index in [1.165, 1.54) is 17.8 Å². The van der Waals surface area contributed by atoms with Gasteiger partial charge in [0.05, 0.1) is 5.25 Å². The van der Waals surface area contributed by atoms with Crippen LogP contribution < -0.4 is 10.9 Å². The molecule has 7 heteroatoms. The fraction of sp³-hybridized carbons (Fsp3) is 0.400. The average Bonchev–Trinajstić information content (AvgIpc) is 2.61. The zero-order chi connectivity index (χ0) is 20.0. The number of nitrogens with one attached hydrogen (secondary N) is 2. The first-order valence-electron chi connectivity index (χ1n) is 9.02. The molecule has 2 rings (SSSR count). The van der Waals surface area contributed by atoms with Gasteiger partial charge in [-0.25, -0.2) is 4.98 Å². The molecular weight excluding hydrogens is 362 g/mol. The first kappa shape index (κ1) is 20.9. The molecule has 1 heterocycles. The molecule has 0 fully saturated rings. The van der Waals surface area contributed by atoms with Crippen molar-refractivity contribution in [1.29, 1.82) is 0 Å². The number of carbonyl (C=O) groups is 2. The van der Waals surface area contributed by atoms with Crippen molar-refractivity contribution in [2.45, 2.75) is 50.9 Å². The lowest BCUT2D eigenvalue weighted by Gasteiger charge is -2.11. The van der Waals surface area contributed by atoms with Gasteiger partial charge in [-0.3, -0.25) is 14.4 Å². The van der Waals surface area contributed by atoms with Crippen LogP contribution in [0.3, 0.4) is 0 Å². The van der Waals surface area contributed by atoms with Crippen LogP contribution in [0.2, 0.25) is 0 Å². The normalized spacial score (nSPS) is 12.0. The van der Waals surface area contributed by atoms with Crippen molar-refractivity contribution in [3.63, 3.8) is 0 Å². The van der Waals surface area contributed by atoms with Gasteiger partial charge in [0.15, 0.2) is 10.9 Å². The Hall–Kier alpha value is -2.41. The molecule has 144 valence electrons. The first-order chi connectivity index (χ1) is 12.8. The lowest BCUT2D eigenvalue weighted by Crippen LogP contribution is -2.18. The van der Waals surface area contributed by atoms with Crippen molar-refractivity contribution in [3.8, 4) is 0 Å². The second kappa shape index (κ2) is 9.50. The van der Waals surface area contributed by atoms with Crippen LogP contribution in [-0.4, -0.2) is 26.9 Å². The van der Waals surface area contributed by atoms with Crippen LogP contribution in [0.25, 0.3) is 0 Å². The predicted molar refractivity (Wildman–Crippen MR) is 108 cm³/mol. The third kappa shape index (κ3) is 6.06. The summed E-state index contributed by atoms with van der Waals surface area (Å²) >= 11 is 1.23. The van der Waals surface area contributed by atoms with Crippen LogP contribution in [0.15, 0.2) is 40.3 Å². The molecule has 6 nitrogen and oxygen atoms in total. The Morgan fingerprint density at radius 3 is 2.44 bits per heavy atom. The summed E-state index contributed by atoms with van der Waals surface area (Å²) in [6, 6.07) is 8.31. The van der Waals surface area contributed by atoms with Crippen molar-refractivity contribution in [3.05, 3.63) is 51.9 Å². The van der Waals surface area contributed by atoms with E-state index in [2.05, 4.69) is 15.3 Å². The molecule has 0 saturated carbocycles. The number of hydrogen-bond acceptors (Lipinski definition) is 5. The summed E-state index contributed by atoms with van der Waals surface area (Å²) < 4.78 is 0. The summed E-state index contributed by atoms with van der Waals surface area (Å²) in [5.74, 6) is -0.244. The maximum absolute atomic E-state index is 12.7. The number of H-pyrrole nitrogens is 1. The Morgan fingerprint density at radius 2 is 1.85 bits per heavy atom. The van der Waals surface area contributed by atoms with Crippen molar-refractivity contribution in [1.82, 2.24) is 9.97 Å². The number of amides is 1.